The van der Waals surface area contributed by atoms with Crippen LogP contribution in [0.25, 0.3) is 50.9 Å². The Morgan fingerprint density at radius 2 is 1.27 bits per heavy atom. The Labute approximate surface area is 284 Å². The van der Waals surface area contributed by atoms with Gasteiger partial charge in [0, 0.05) is 21.5 Å². The van der Waals surface area contributed by atoms with Crippen molar-refractivity contribution in [3.8, 4) is 22.3 Å². The molecule has 0 amide bonds. The van der Waals surface area contributed by atoms with E-state index in [0.29, 0.717) is 0 Å². The zero-order valence-electron chi connectivity index (χ0n) is 28.3. The molecule has 0 aliphatic heterocycles. The van der Waals surface area contributed by atoms with Crippen LogP contribution < -0.4 is 10.6 Å². The molecule has 1 heterocycles. The number of hydrogen-bond donors (Lipinski definition) is 0. The van der Waals surface area contributed by atoms with Crippen molar-refractivity contribution in [1.29, 1.82) is 0 Å². The number of para-hydroxylation sites is 1. The number of benzene rings is 5. The summed E-state index contributed by atoms with van der Waals surface area (Å²) in [6.45, 7) is 7.02. The third-order valence-corrected chi connectivity index (χ3v) is 10.6. The second-order valence-corrected chi connectivity index (χ2v) is 14.0. The Balaban J connectivity index is 0.991. The van der Waals surface area contributed by atoms with Gasteiger partial charge in [-0.25, -0.2) is 0 Å². The minimum absolute atomic E-state index is 0.102. The van der Waals surface area contributed by atoms with Crippen molar-refractivity contribution in [1.82, 2.24) is 4.57 Å². The van der Waals surface area contributed by atoms with Crippen molar-refractivity contribution in [3.05, 3.63) is 172 Å². The van der Waals surface area contributed by atoms with Crippen molar-refractivity contribution in [2.24, 2.45) is 0 Å². The van der Waals surface area contributed by atoms with Crippen LogP contribution in [-0.2, 0) is 18.4 Å². The third-order valence-electron chi connectivity index (χ3n) is 10.6. The lowest BCUT2D eigenvalue weighted by atomic mass is 9.81. The van der Waals surface area contributed by atoms with E-state index in [4.69, 9.17) is 0 Å². The molecule has 0 radical (unpaired) electrons. The fraction of sp³-hybridized carbons (Fsp3) is 0.191. The van der Waals surface area contributed by atoms with Crippen molar-refractivity contribution >= 4 is 28.6 Å². The standard InChI is InChI=1S/C47H43N/c1-33-31-36(22-21-35-23-26-38(27-24-35)42-16-8-7-15-41(42)37-13-5-4-6-14-37)25-28-39(33)40-29-30-47(3,32-34(40)2)48-45-19-11-9-17-43(45)44-18-10-12-20-46(44)48/h4-9,11,13-20,23-31H,10,12,21-22,32H2,1-3H3/t47-/m0/s1. The van der Waals surface area contributed by atoms with E-state index >= 15 is 0 Å². The van der Waals surface area contributed by atoms with Gasteiger partial charge < -0.3 is 4.57 Å². The van der Waals surface area contributed by atoms with E-state index in [1.807, 2.05) is 0 Å². The number of aryl methyl sites for hydroxylation is 3. The Bertz CT molecular complexity index is 2330. The molecule has 1 nitrogen and oxygen atoms in total. The lowest BCUT2D eigenvalue weighted by Crippen LogP contribution is -2.42. The molecule has 0 spiro atoms. The molecule has 2 aliphatic carbocycles. The van der Waals surface area contributed by atoms with Gasteiger partial charge in [-0.05, 0) is 109 Å². The molecule has 0 saturated carbocycles. The predicted molar refractivity (Wildman–Crippen MR) is 205 cm³/mol. The molecule has 5 aromatic carbocycles. The van der Waals surface area contributed by atoms with Gasteiger partial charge in [0.05, 0.1) is 5.54 Å². The maximum atomic E-state index is 2.61. The zero-order valence-corrected chi connectivity index (χ0v) is 28.3. The first-order chi connectivity index (χ1) is 23.5. The summed E-state index contributed by atoms with van der Waals surface area (Å²) in [5.41, 5.74) is 14.6. The van der Waals surface area contributed by atoms with Gasteiger partial charge in [-0.1, -0.05) is 145 Å². The van der Waals surface area contributed by atoms with Crippen molar-refractivity contribution in [3.63, 3.8) is 0 Å². The van der Waals surface area contributed by atoms with Crippen LogP contribution in [0.15, 0.2) is 139 Å². The molecule has 48 heavy (non-hydrogen) atoms. The molecule has 8 rings (SSSR count). The van der Waals surface area contributed by atoms with Crippen LogP contribution in [0.5, 0.6) is 0 Å². The summed E-state index contributed by atoms with van der Waals surface area (Å²) in [6, 6.07) is 44.6. The molecule has 0 fully saturated rings. The van der Waals surface area contributed by atoms with Crippen LogP contribution >= 0.6 is 0 Å². The molecule has 1 aromatic heterocycles. The Morgan fingerprint density at radius 1 is 0.625 bits per heavy atom. The second kappa shape index (κ2) is 12.5. The minimum Gasteiger partial charge on any atom is -0.331 e. The molecule has 0 N–H and O–H groups in total. The predicted octanol–water partition coefficient (Wildman–Crippen LogP) is 10.6. The SMILES string of the molecule is CC1=C(c2ccc(CCc3ccc(-c4ccccc4-c4ccccc4)cc3)cc2C)C=C[C@](C)(n2c3c(c4ccccc42)=CCCC=3)C1. The van der Waals surface area contributed by atoms with E-state index in [1.54, 1.807) is 0 Å². The molecule has 0 saturated heterocycles. The first-order valence-corrected chi connectivity index (χ1v) is 17.5. The average Bonchev–Trinajstić information content (AvgIpc) is 3.47. The molecule has 2 aliphatic rings. The molecular weight excluding hydrogens is 579 g/mol. The number of allylic oxidation sites excluding steroid dienone is 4. The molecule has 236 valence electrons. The summed E-state index contributed by atoms with van der Waals surface area (Å²) in [6.07, 6.45) is 15.0. The maximum Gasteiger partial charge on any atom is 0.0646 e. The molecule has 1 heteroatoms. The van der Waals surface area contributed by atoms with E-state index in [9.17, 15) is 0 Å². The number of rotatable bonds is 7. The number of nitrogens with zero attached hydrogens (tertiary/aromatic N) is 1. The highest BCUT2D eigenvalue weighted by molar-refractivity contribution is 5.85. The average molecular weight is 622 g/mol. The van der Waals surface area contributed by atoms with E-state index in [1.165, 1.54) is 77.1 Å². The number of fused-ring (bicyclic) bond motifs is 3. The Hall–Kier alpha value is -5.14. The van der Waals surface area contributed by atoms with Crippen LogP contribution in [0.3, 0.4) is 0 Å². The third kappa shape index (κ3) is 5.48. The summed E-state index contributed by atoms with van der Waals surface area (Å²) in [5.74, 6) is 0. The Morgan fingerprint density at radius 3 is 2.02 bits per heavy atom. The highest BCUT2D eigenvalue weighted by atomic mass is 15.1. The first-order valence-electron chi connectivity index (χ1n) is 17.5. The minimum atomic E-state index is -0.102. The van der Waals surface area contributed by atoms with Crippen molar-refractivity contribution in [2.45, 2.75) is 58.4 Å². The van der Waals surface area contributed by atoms with Gasteiger partial charge in [0.15, 0.2) is 0 Å². The lowest BCUT2D eigenvalue weighted by Gasteiger charge is -2.34. The van der Waals surface area contributed by atoms with Gasteiger partial charge in [0.25, 0.3) is 0 Å². The Kier molecular flexibility index (Phi) is 7.85. The smallest absolute Gasteiger partial charge is 0.0646 e. The topological polar surface area (TPSA) is 4.93 Å². The van der Waals surface area contributed by atoms with E-state index in [0.717, 1.165) is 32.1 Å². The van der Waals surface area contributed by atoms with Gasteiger partial charge >= 0.3 is 0 Å². The highest BCUT2D eigenvalue weighted by Crippen LogP contribution is 2.38. The van der Waals surface area contributed by atoms with Crippen LogP contribution in [0.4, 0.5) is 0 Å². The zero-order chi connectivity index (χ0) is 32.7. The van der Waals surface area contributed by atoms with Crippen molar-refractivity contribution in [2.75, 3.05) is 0 Å². The maximum absolute atomic E-state index is 2.61. The summed E-state index contributed by atoms with van der Waals surface area (Å²) in [5, 5.41) is 4.17. The van der Waals surface area contributed by atoms with E-state index in [-0.39, 0.29) is 5.54 Å². The fourth-order valence-electron chi connectivity index (χ4n) is 8.20. The van der Waals surface area contributed by atoms with Gasteiger partial charge in [-0.3, -0.25) is 0 Å². The second-order valence-electron chi connectivity index (χ2n) is 14.0. The van der Waals surface area contributed by atoms with Crippen molar-refractivity contribution < 1.29 is 0 Å². The van der Waals surface area contributed by atoms with Crippen LogP contribution in [0.2, 0.25) is 0 Å². The molecule has 1 atom stereocenters. The number of hydrogen-bond acceptors (Lipinski definition) is 0. The quantitative estimate of drug-likeness (QED) is 0.167. The largest absolute Gasteiger partial charge is 0.331 e. The fourth-order valence-corrected chi connectivity index (χ4v) is 8.20. The van der Waals surface area contributed by atoms with Crippen LogP contribution in [0, 0.1) is 6.92 Å². The molecule has 0 bridgehead atoms. The van der Waals surface area contributed by atoms with E-state index in [2.05, 4.69) is 171 Å². The summed E-state index contributed by atoms with van der Waals surface area (Å²) in [7, 11) is 0. The summed E-state index contributed by atoms with van der Waals surface area (Å²) < 4.78 is 2.61. The molecular formula is C47H43N. The van der Waals surface area contributed by atoms with E-state index < -0.39 is 0 Å². The van der Waals surface area contributed by atoms with Gasteiger partial charge in [0.1, 0.15) is 0 Å². The van der Waals surface area contributed by atoms with Crippen LogP contribution in [-0.4, -0.2) is 4.57 Å². The van der Waals surface area contributed by atoms with Gasteiger partial charge in [-0.2, -0.15) is 0 Å². The first kappa shape index (κ1) is 30.2. The van der Waals surface area contributed by atoms with Gasteiger partial charge in [-0.15, -0.1) is 0 Å². The monoisotopic (exact) mass is 621 g/mol. The lowest BCUT2D eigenvalue weighted by molar-refractivity contribution is 0.406. The molecule has 0 unspecified atom stereocenters. The highest BCUT2D eigenvalue weighted by Gasteiger charge is 2.31. The number of aromatic nitrogens is 1. The summed E-state index contributed by atoms with van der Waals surface area (Å²) >= 11 is 0. The van der Waals surface area contributed by atoms with Gasteiger partial charge in [0.2, 0.25) is 0 Å². The van der Waals surface area contributed by atoms with Crippen LogP contribution in [0.1, 0.15) is 55.4 Å². The normalized spacial score (nSPS) is 17.2. The summed E-state index contributed by atoms with van der Waals surface area (Å²) in [4.78, 5) is 0. The molecule has 6 aromatic rings.